The minimum absolute atomic E-state index is 0.0249. The van der Waals surface area contributed by atoms with Crippen LogP contribution in [-0.4, -0.2) is 24.4 Å². The summed E-state index contributed by atoms with van der Waals surface area (Å²) in [6.07, 6.45) is 4.25. The molecule has 1 heterocycles. The highest BCUT2D eigenvalue weighted by Gasteiger charge is 2.42. The van der Waals surface area contributed by atoms with Crippen molar-refractivity contribution in [1.82, 2.24) is 5.32 Å². The van der Waals surface area contributed by atoms with Gasteiger partial charge < -0.3 is 11.1 Å². The molecule has 1 aliphatic heterocycles. The molecule has 3 nitrogen and oxygen atoms in total. The third-order valence-electron chi connectivity index (χ3n) is 4.66. The lowest BCUT2D eigenvalue weighted by Gasteiger charge is -2.43. The van der Waals surface area contributed by atoms with Gasteiger partial charge in [-0.3, -0.25) is 4.79 Å². The summed E-state index contributed by atoms with van der Waals surface area (Å²) in [5.74, 6) is 1.26. The van der Waals surface area contributed by atoms with Gasteiger partial charge >= 0.3 is 0 Å². The SMILES string of the molecule is CC1C(C(N)=O)CCC(Cl)C1C1CCCNC1. The molecule has 1 saturated carbocycles. The molecule has 4 heteroatoms. The largest absolute Gasteiger partial charge is 0.369 e. The summed E-state index contributed by atoms with van der Waals surface area (Å²) in [6.45, 7) is 4.32. The molecule has 2 fully saturated rings. The molecule has 17 heavy (non-hydrogen) atoms. The summed E-state index contributed by atoms with van der Waals surface area (Å²) < 4.78 is 0. The Balaban J connectivity index is 2.08. The van der Waals surface area contributed by atoms with E-state index in [-0.39, 0.29) is 17.2 Å². The van der Waals surface area contributed by atoms with Crippen LogP contribution in [0.2, 0.25) is 0 Å². The number of carbonyl (C=O) groups excluding carboxylic acids is 1. The number of carbonyl (C=O) groups is 1. The molecule has 5 atom stereocenters. The van der Waals surface area contributed by atoms with E-state index in [0.29, 0.717) is 17.8 Å². The summed E-state index contributed by atoms with van der Waals surface area (Å²) in [5, 5.41) is 3.66. The maximum absolute atomic E-state index is 11.5. The van der Waals surface area contributed by atoms with Crippen LogP contribution in [0.25, 0.3) is 0 Å². The molecule has 0 aromatic carbocycles. The third kappa shape index (κ3) is 2.76. The van der Waals surface area contributed by atoms with E-state index in [4.69, 9.17) is 17.3 Å². The van der Waals surface area contributed by atoms with Crippen molar-refractivity contribution in [2.24, 2.45) is 29.4 Å². The number of hydrogen-bond acceptors (Lipinski definition) is 2. The van der Waals surface area contributed by atoms with Crippen LogP contribution in [0.5, 0.6) is 0 Å². The molecule has 1 aliphatic carbocycles. The van der Waals surface area contributed by atoms with Crippen LogP contribution < -0.4 is 11.1 Å². The van der Waals surface area contributed by atoms with Crippen LogP contribution in [0.3, 0.4) is 0 Å². The van der Waals surface area contributed by atoms with Gasteiger partial charge in [0.25, 0.3) is 0 Å². The van der Waals surface area contributed by atoms with E-state index in [1.54, 1.807) is 0 Å². The molecule has 0 aromatic rings. The summed E-state index contributed by atoms with van der Waals surface area (Å²) in [4.78, 5) is 11.5. The fourth-order valence-electron chi connectivity index (χ4n) is 3.73. The molecule has 0 aromatic heterocycles. The second kappa shape index (κ2) is 5.57. The quantitative estimate of drug-likeness (QED) is 0.742. The van der Waals surface area contributed by atoms with E-state index in [2.05, 4.69) is 12.2 Å². The van der Waals surface area contributed by atoms with Crippen LogP contribution in [0.15, 0.2) is 0 Å². The Morgan fingerprint density at radius 3 is 2.71 bits per heavy atom. The van der Waals surface area contributed by atoms with Gasteiger partial charge in [-0.05, 0) is 56.5 Å². The first-order valence-electron chi connectivity index (χ1n) is 6.75. The first-order chi connectivity index (χ1) is 8.11. The zero-order chi connectivity index (χ0) is 12.4. The lowest BCUT2D eigenvalue weighted by molar-refractivity contribution is -0.125. The van der Waals surface area contributed by atoms with E-state index in [1.807, 2.05) is 0 Å². The second-order valence-electron chi connectivity index (χ2n) is 5.65. The van der Waals surface area contributed by atoms with Crippen molar-refractivity contribution in [2.75, 3.05) is 13.1 Å². The van der Waals surface area contributed by atoms with Crippen molar-refractivity contribution in [2.45, 2.75) is 38.0 Å². The van der Waals surface area contributed by atoms with Gasteiger partial charge in [-0.1, -0.05) is 6.92 Å². The van der Waals surface area contributed by atoms with Gasteiger partial charge in [0.05, 0.1) is 0 Å². The summed E-state index contributed by atoms with van der Waals surface area (Å²) in [6, 6.07) is 0. The minimum atomic E-state index is -0.144. The Labute approximate surface area is 108 Å². The normalized spacial score (nSPS) is 43.3. The van der Waals surface area contributed by atoms with Gasteiger partial charge in [0.2, 0.25) is 5.91 Å². The molecule has 1 amide bonds. The van der Waals surface area contributed by atoms with Gasteiger partial charge in [-0.15, -0.1) is 11.6 Å². The maximum Gasteiger partial charge on any atom is 0.220 e. The lowest BCUT2D eigenvalue weighted by atomic mass is 9.66. The smallest absolute Gasteiger partial charge is 0.220 e. The first kappa shape index (κ1) is 13.2. The van der Waals surface area contributed by atoms with Crippen molar-refractivity contribution in [3.05, 3.63) is 0 Å². The van der Waals surface area contributed by atoms with Crippen molar-refractivity contribution < 1.29 is 4.79 Å². The highest BCUT2D eigenvalue weighted by atomic mass is 35.5. The second-order valence-corrected chi connectivity index (χ2v) is 6.21. The van der Waals surface area contributed by atoms with Crippen LogP contribution in [0.1, 0.15) is 32.6 Å². The molecular weight excluding hydrogens is 236 g/mol. The molecular formula is C13H23ClN2O. The highest BCUT2D eigenvalue weighted by molar-refractivity contribution is 6.20. The number of nitrogens with two attached hydrogens (primary N) is 1. The average Bonchev–Trinajstić information content (AvgIpc) is 2.30. The Bertz CT molecular complexity index is 279. The van der Waals surface area contributed by atoms with E-state index >= 15 is 0 Å². The van der Waals surface area contributed by atoms with E-state index in [9.17, 15) is 4.79 Å². The topological polar surface area (TPSA) is 55.1 Å². The number of piperidine rings is 1. The van der Waals surface area contributed by atoms with Crippen LogP contribution >= 0.6 is 11.6 Å². The fourth-order valence-corrected chi connectivity index (χ4v) is 4.29. The molecule has 0 radical (unpaired) electrons. The monoisotopic (exact) mass is 258 g/mol. The Hall–Kier alpha value is -0.280. The predicted molar refractivity (Wildman–Crippen MR) is 69.8 cm³/mol. The molecule has 2 rings (SSSR count). The van der Waals surface area contributed by atoms with Gasteiger partial charge in [0.15, 0.2) is 0 Å². The van der Waals surface area contributed by atoms with E-state index < -0.39 is 0 Å². The van der Waals surface area contributed by atoms with Crippen molar-refractivity contribution >= 4 is 17.5 Å². The predicted octanol–water partition coefficient (Wildman–Crippen LogP) is 1.74. The van der Waals surface area contributed by atoms with Crippen LogP contribution in [-0.2, 0) is 4.79 Å². The zero-order valence-electron chi connectivity index (χ0n) is 10.5. The molecule has 1 saturated heterocycles. The molecule has 0 bridgehead atoms. The number of hydrogen-bond donors (Lipinski definition) is 2. The molecule has 2 aliphatic rings. The Morgan fingerprint density at radius 2 is 2.12 bits per heavy atom. The van der Waals surface area contributed by atoms with Crippen molar-refractivity contribution in [3.63, 3.8) is 0 Å². The first-order valence-corrected chi connectivity index (χ1v) is 7.19. The number of rotatable bonds is 2. The number of primary amides is 1. The molecule has 3 N–H and O–H groups in total. The highest BCUT2D eigenvalue weighted by Crippen LogP contribution is 2.43. The zero-order valence-corrected chi connectivity index (χ0v) is 11.2. The minimum Gasteiger partial charge on any atom is -0.369 e. The molecule has 0 spiro atoms. The Morgan fingerprint density at radius 1 is 1.35 bits per heavy atom. The summed E-state index contributed by atoms with van der Waals surface area (Å²) >= 11 is 6.50. The van der Waals surface area contributed by atoms with Crippen molar-refractivity contribution in [3.8, 4) is 0 Å². The lowest BCUT2D eigenvalue weighted by Crippen LogP contribution is -2.47. The Kier molecular flexibility index (Phi) is 4.31. The standard InChI is InChI=1S/C13H23ClN2O/c1-8-10(13(15)17)4-5-11(14)12(8)9-3-2-6-16-7-9/h8-12,16H,2-7H2,1H3,(H2,15,17). The van der Waals surface area contributed by atoms with Gasteiger partial charge in [-0.2, -0.15) is 0 Å². The van der Waals surface area contributed by atoms with E-state index in [0.717, 1.165) is 25.9 Å². The van der Waals surface area contributed by atoms with Crippen LogP contribution in [0.4, 0.5) is 0 Å². The van der Waals surface area contributed by atoms with E-state index in [1.165, 1.54) is 12.8 Å². The van der Waals surface area contributed by atoms with Gasteiger partial charge in [0, 0.05) is 11.3 Å². The van der Waals surface area contributed by atoms with Crippen LogP contribution in [0, 0.1) is 23.7 Å². The molecule has 5 unspecified atom stereocenters. The average molecular weight is 259 g/mol. The van der Waals surface area contributed by atoms with Gasteiger partial charge in [0.1, 0.15) is 0 Å². The fraction of sp³-hybridized carbons (Fsp3) is 0.923. The van der Waals surface area contributed by atoms with Gasteiger partial charge in [-0.25, -0.2) is 0 Å². The maximum atomic E-state index is 11.5. The number of amides is 1. The molecule has 98 valence electrons. The number of halogens is 1. The van der Waals surface area contributed by atoms with Crippen molar-refractivity contribution in [1.29, 1.82) is 0 Å². The number of nitrogens with one attached hydrogen (secondary N) is 1. The third-order valence-corrected chi connectivity index (χ3v) is 5.17. The summed E-state index contributed by atoms with van der Waals surface area (Å²) in [5.41, 5.74) is 5.50. The number of alkyl halides is 1. The summed E-state index contributed by atoms with van der Waals surface area (Å²) in [7, 11) is 0.